The molecule has 0 saturated carbocycles. The molecule has 2 rings (SSSR count). The first kappa shape index (κ1) is 5.61. The van der Waals surface area contributed by atoms with E-state index in [4.69, 9.17) is 19.3 Å². The summed E-state index contributed by atoms with van der Waals surface area (Å²) in [5, 5.41) is 8.31. The third kappa shape index (κ3) is 0.840. The first-order chi connectivity index (χ1) is 4.42. The molecule has 0 aromatic rings. The molecule has 2 aliphatic heterocycles. The minimum absolute atomic E-state index is 0.00805. The maximum Gasteiger partial charge on any atom is 0.192 e. The predicted octanol–water partition coefficient (Wildman–Crippen LogP) is -0.924. The highest BCUT2D eigenvalue weighted by molar-refractivity contribution is 4.90. The molecule has 4 heteroatoms. The molecule has 3 unspecified atom stereocenters. The fraction of sp³-hybridized carbons (Fsp3) is 1.00. The number of rotatable bonds is 3. The lowest BCUT2D eigenvalue weighted by Crippen LogP contribution is -2.36. The maximum absolute atomic E-state index is 8.31. The summed E-state index contributed by atoms with van der Waals surface area (Å²) in [6.07, 6.45) is -0.0348. The number of ether oxygens (including phenoxy) is 3. The molecule has 3 atom stereocenters. The quantitative estimate of drug-likeness (QED) is 0.504. The van der Waals surface area contributed by atoms with Crippen LogP contribution < -0.4 is 0 Å². The average Bonchev–Trinajstić information content (AvgIpc) is 2.44. The molecule has 0 spiro atoms. The van der Waals surface area contributed by atoms with Gasteiger partial charge >= 0.3 is 0 Å². The van der Waals surface area contributed by atoms with E-state index in [9.17, 15) is 0 Å². The van der Waals surface area contributed by atoms with E-state index < -0.39 is 0 Å². The highest BCUT2D eigenvalue weighted by Crippen LogP contribution is 2.40. The van der Waals surface area contributed by atoms with Crippen LogP contribution in [0.15, 0.2) is 0 Å². The van der Waals surface area contributed by atoms with Crippen LogP contribution in [0.2, 0.25) is 0 Å². The zero-order valence-electron chi connectivity index (χ0n) is 4.82. The third-order valence-corrected chi connectivity index (χ3v) is 1.39. The lowest BCUT2D eigenvalue weighted by molar-refractivity contribution is -0.204. The zero-order valence-corrected chi connectivity index (χ0v) is 4.82. The van der Waals surface area contributed by atoms with E-state index in [1.807, 2.05) is 0 Å². The molecule has 0 aromatic carbocycles. The van der Waals surface area contributed by atoms with E-state index in [1.54, 1.807) is 0 Å². The van der Waals surface area contributed by atoms with Crippen molar-refractivity contribution in [3.05, 3.63) is 0 Å². The van der Waals surface area contributed by atoms with Gasteiger partial charge in [0.25, 0.3) is 0 Å². The Labute approximate surface area is 52.3 Å². The lowest BCUT2D eigenvalue weighted by atomic mass is 10.3. The molecule has 4 nitrogen and oxygen atoms in total. The first-order valence-corrected chi connectivity index (χ1v) is 2.95. The van der Waals surface area contributed by atoms with E-state index in [0.29, 0.717) is 6.61 Å². The van der Waals surface area contributed by atoms with Crippen LogP contribution in [0.4, 0.5) is 0 Å². The molecular formula is C5H8O4. The van der Waals surface area contributed by atoms with Crippen molar-refractivity contribution in [1.82, 2.24) is 0 Å². The van der Waals surface area contributed by atoms with Crippen LogP contribution >= 0.6 is 0 Å². The number of aliphatic hydroxyl groups is 1. The second kappa shape index (κ2) is 1.91. The van der Waals surface area contributed by atoms with Gasteiger partial charge in [-0.1, -0.05) is 0 Å². The van der Waals surface area contributed by atoms with Crippen LogP contribution in [-0.2, 0) is 14.2 Å². The van der Waals surface area contributed by atoms with Crippen molar-refractivity contribution in [2.75, 3.05) is 13.2 Å². The summed E-state index contributed by atoms with van der Waals surface area (Å²) in [7, 11) is 0. The van der Waals surface area contributed by atoms with Gasteiger partial charge in [-0.05, 0) is 0 Å². The second-order valence-electron chi connectivity index (χ2n) is 2.07. The van der Waals surface area contributed by atoms with Gasteiger partial charge in [0.05, 0.1) is 13.2 Å². The van der Waals surface area contributed by atoms with Gasteiger partial charge in [-0.25, -0.2) is 0 Å². The van der Waals surface area contributed by atoms with Gasteiger partial charge in [0.1, 0.15) is 0 Å². The van der Waals surface area contributed by atoms with Crippen molar-refractivity contribution in [3.63, 3.8) is 0 Å². The highest BCUT2D eigenvalue weighted by atomic mass is 16.9. The molecule has 2 aliphatic rings. The molecule has 0 bridgehead atoms. The van der Waals surface area contributed by atoms with Crippen LogP contribution in [0.25, 0.3) is 0 Å². The van der Waals surface area contributed by atoms with E-state index >= 15 is 0 Å². The Hall–Kier alpha value is -0.160. The SMILES string of the molecule is OCCOC1OC2OC12. The fourth-order valence-electron chi connectivity index (χ4n) is 0.834. The second-order valence-corrected chi connectivity index (χ2v) is 2.07. The molecule has 52 valence electrons. The Morgan fingerprint density at radius 1 is 1.44 bits per heavy atom. The maximum atomic E-state index is 8.31. The number of epoxide rings is 1. The number of fused-ring (bicyclic) bond motifs is 1. The summed E-state index contributed by atoms with van der Waals surface area (Å²) in [5.74, 6) is 0. The largest absolute Gasteiger partial charge is 0.394 e. The first-order valence-electron chi connectivity index (χ1n) is 2.95. The molecule has 0 radical (unpaired) electrons. The van der Waals surface area contributed by atoms with Crippen LogP contribution in [-0.4, -0.2) is 37.0 Å². The predicted molar refractivity (Wildman–Crippen MR) is 26.6 cm³/mol. The Bertz CT molecular complexity index is 116. The van der Waals surface area contributed by atoms with Gasteiger partial charge in [-0.15, -0.1) is 0 Å². The minimum atomic E-state index is -0.206. The smallest absolute Gasteiger partial charge is 0.192 e. The van der Waals surface area contributed by atoms with E-state index in [2.05, 4.69) is 0 Å². The summed E-state index contributed by atoms with van der Waals surface area (Å²) >= 11 is 0. The molecule has 2 saturated heterocycles. The summed E-state index contributed by atoms with van der Waals surface area (Å²) in [6.45, 7) is 0.370. The molecule has 0 aromatic heterocycles. The average molecular weight is 132 g/mol. The third-order valence-electron chi connectivity index (χ3n) is 1.39. The summed E-state index contributed by atoms with van der Waals surface area (Å²) in [4.78, 5) is 0. The van der Waals surface area contributed by atoms with Crippen molar-refractivity contribution < 1.29 is 19.3 Å². The molecular weight excluding hydrogens is 124 g/mol. The van der Waals surface area contributed by atoms with E-state index in [-0.39, 0.29) is 25.3 Å². The number of hydrogen-bond donors (Lipinski definition) is 1. The number of aliphatic hydroxyl groups excluding tert-OH is 1. The Morgan fingerprint density at radius 3 is 2.78 bits per heavy atom. The van der Waals surface area contributed by atoms with Crippen molar-refractivity contribution in [2.45, 2.75) is 18.7 Å². The Kier molecular flexibility index (Phi) is 1.19. The number of hydrogen-bond acceptors (Lipinski definition) is 4. The standard InChI is InChI=1S/C5H8O4/c6-1-2-7-4-3-5(8-3)9-4/h3-6H,1-2H2. The summed E-state index contributed by atoms with van der Waals surface area (Å²) in [6, 6.07) is 0. The van der Waals surface area contributed by atoms with Crippen molar-refractivity contribution >= 4 is 0 Å². The summed E-state index contributed by atoms with van der Waals surface area (Å²) in [5.41, 5.74) is 0. The monoisotopic (exact) mass is 132 g/mol. The molecule has 2 heterocycles. The topological polar surface area (TPSA) is 51.2 Å². The highest BCUT2D eigenvalue weighted by Gasteiger charge is 2.59. The Balaban J connectivity index is 1.64. The van der Waals surface area contributed by atoms with E-state index in [1.165, 1.54) is 0 Å². The fourth-order valence-corrected chi connectivity index (χ4v) is 0.834. The van der Waals surface area contributed by atoms with E-state index in [0.717, 1.165) is 0 Å². The van der Waals surface area contributed by atoms with Crippen LogP contribution in [0.3, 0.4) is 0 Å². The van der Waals surface area contributed by atoms with Crippen LogP contribution in [0, 0.1) is 0 Å². The minimum Gasteiger partial charge on any atom is -0.394 e. The van der Waals surface area contributed by atoms with Crippen LogP contribution in [0.1, 0.15) is 0 Å². The van der Waals surface area contributed by atoms with Gasteiger partial charge in [0.2, 0.25) is 0 Å². The molecule has 1 N–H and O–H groups in total. The van der Waals surface area contributed by atoms with Gasteiger partial charge in [-0.2, -0.15) is 0 Å². The van der Waals surface area contributed by atoms with Gasteiger partial charge in [0, 0.05) is 0 Å². The zero-order chi connectivity index (χ0) is 6.27. The Morgan fingerprint density at radius 2 is 2.33 bits per heavy atom. The summed E-state index contributed by atoms with van der Waals surface area (Å²) < 4.78 is 14.9. The molecule has 0 aliphatic carbocycles. The van der Waals surface area contributed by atoms with Crippen LogP contribution in [0.5, 0.6) is 0 Å². The lowest BCUT2D eigenvalue weighted by Gasteiger charge is -2.20. The van der Waals surface area contributed by atoms with Gasteiger partial charge < -0.3 is 19.3 Å². The van der Waals surface area contributed by atoms with Gasteiger partial charge in [0.15, 0.2) is 18.7 Å². The molecule has 9 heavy (non-hydrogen) atoms. The normalized spacial score (nSPS) is 45.7. The van der Waals surface area contributed by atoms with Gasteiger partial charge in [-0.3, -0.25) is 0 Å². The van der Waals surface area contributed by atoms with Crippen molar-refractivity contribution in [1.29, 1.82) is 0 Å². The van der Waals surface area contributed by atoms with Crippen molar-refractivity contribution in [2.24, 2.45) is 0 Å². The van der Waals surface area contributed by atoms with Crippen molar-refractivity contribution in [3.8, 4) is 0 Å². The molecule has 0 amide bonds. The molecule has 2 fully saturated rings.